The van der Waals surface area contributed by atoms with E-state index in [4.69, 9.17) is 5.73 Å². The second-order valence-electron chi connectivity index (χ2n) is 9.84. The van der Waals surface area contributed by atoms with Crippen molar-refractivity contribution in [3.05, 3.63) is 29.8 Å². The third-order valence-electron chi connectivity index (χ3n) is 5.83. The Labute approximate surface area is 267 Å². The number of nitrogens with two attached hydrogens (primary N) is 1. The third kappa shape index (κ3) is 12.7. The zero-order chi connectivity index (χ0) is 38.4. The normalized spacial score (nSPS) is 15.8. The Morgan fingerprint density at radius 1 is 0.458 bits per heavy atom. The largest absolute Gasteiger partial charge is 0.399 e. The van der Waals surface area contributed by atoms with Crippen LogP contribution in [0.25, 0.3) is 0 Å². The standard InChI is InChI=1S/C13H31N3O24P8/c14-8-3-1-7(2-4-8)5-9(16(12(45(29,30)31)46(32,33)34)13(47(35,36)37)48(38,39)40)6-15(10(41(17,18)19)42(20,21)22)11(43(23,24)25)44(26,27)28/h1-4,9-13H,5-6,14H2,(H2,17,18,19)(H2,20,21,22)(H2,23,24,25)(H2,26,27,28)(H2,29,30,31)(H2,32,33,34)(H2,35,36,37)(H2,38,39,40). The lowest BCUT2D eigenvalue weighted by Crippen LogP contribution is -2.56. The van der Waals surface area contributed by atoms with Gasteiger partial charge < -0.3 is 84.0 Å². The predicted octanol–water partition coefficient (Wildman–Crippen LogP) is -2.66. The van der Waals surface area contributed by atoms with Crippen LogP contribution in [0.1, 0.15) is 5.56 Å². The molecule has 1 atom stereocenters. The summed E-state index contributed by atoms with van der Waals surface area (Å²) < 4.78 is 99.4. The van der Waals surface area contributed by atoms with E-state index in [0.29, 0.717) is 0 Å². The van der Waals surface area contributed by atoms with Gasteiger partial charge >= 0.3 is 60.8 Å². The first kappa shape index (κ1) is 46.2. The quantitative estimate of drug-likeness (QED) is 0.0561. The number of rotatable bonds is 17. The molecular weight excluding hydrogens is 830 g/mol. The SMILES string of the molecule is Nc1ccc(CC(CN(C(P(=O)(O)O)P(=O)(O)O)C(P(=O)(O)O)P(=O)(O)O)N(C(P(=O)(O)O)P(=O)(O)O)C(P(=O)(O)O)P(=O)(O)O)cc1. The van der Waals surface area contributed by atoms with E-state index in [9.17, 15) is 115 Å². The van der Waals surface area contributed by atoms with Crippen molar-refractivity contribution >= 4 is 66.5 Å². The lowest BCUT2D eigenvalue weighted by Gasteiger charge is -2.46. The van der Waals surface area contributed by atoms with Crippen molar-refractivity contribution in [2.75, 3.05) is 12.3 Å². The summed E-state index contributed by atoms with van der Waals surface area (Å²) in [6.45, 7) is -2.35. The van der Waals surface area contributed by atoms with Gasteiger partial charge in [-0.25, -0.2) is 0 Å². The van der Waals surface area contributed by atoms with Crippen LogP contribution in [0.2, 0.25) is 0 Å². The molecule has 0 fully saturated rings. The second-order valence-corrected chi connectivity index (χ2v) is 24.8. The van der Waals surface area contributed by atoms with E-state index in [1.165, 1.54) is 0 Å². The molecule has 18 N–H and O–H groups in total. The Kier molecular flexibility index (Phi) is 14.7. The maximum Gasteiger partial charge on any atom is 0.355 e. The molecule has 1 unspecified atom stereocenters. The number of anilines is 1. The summed E-state index contributed by atoms with van der Waals surface area (Å²) in [5.74, 6) is 0. The molecule has 0 radical (unpaired) electrons. The summed E-state index contributed by atoms with van der Waals surface area (Å²) in [7, 11) is -53.5. The Morgan fingerprint density at radius 3 is 0.938 bits per heavy atom. The van der Waals surface area contributed by atoms with Crippen molar-refractivity contribution in [1.82, 2.24) is 9.80 Å². The molecule has 0 saturated carbocycles. The van der Waals surface area contributed by atoms with Crippen molar-refractivity contribution in [2.45, 2.75) is 34.6 Å². The molecule has 27 nitrogen and oxygen atoms in total. The second kappa shape index (κ2) is 15.2. The first-order valence-electron chi connectivity index (χ1n) is 11.6. The third-order valence-corrected chi connectivity index (χ3v) is 20.1. The number of hydrogen-bond donors (Lipinski definition) is 17. The van der Waals surface area contributed by atoms with Crippen LogP contribution in [0.3, 0.4) is 0 Å². The Morgan fingerprint density at radius 2 is 0.708 bits per heavy atom. The van der Waals surface area contributed by atoms with Crippen molar-refractivity contribution < 1.29 is 115 Å². The average Bonchev–Trinajstić information content (AvgIpc) is 2.71. The molecular formula is C13H31N3O24P8. The smallest absolute Gasteiger partial charge is 0.355 e. The highest BCUT2D eigenvalue weighted by atomic mass is 31.3. The fourth-order valence-corrected chi connectivity index (χ4v) is 16.7. The number of hydrogen-bond acceptors (Lipinski definition) is 11. The molecule has 0 aliphatic rings. The van der Waals surface area contributed by atoms with Gasteiger partial charge in [0.1, 0.15) is 0 Å². The van der Waals surface area contributed by atoms with Crippen LogP contribution in [0.5, 0.6) is 0 Å². The van der Waals surface area contributed by atoms with Gasteiger partial charge in [0.05, 0.1) is 0 Å². The molecule has 0 spiro atoms. The summed E-state index contributed by atoms with van der Waals surface area (Å²) in [4.78, 5) is 156. The van der Waals surface area contributed by atoms with E-state index >= 15 is 0 Å². The van der Waals surface area contributed by atoms with Gasteiger partial charge in [0.25, 0.3) is 0 Å². The van der Waals surface area contributed by atoms with E-state index < -0.39 is 117 Å². The molecule has 0 saturated heterocycles. The van der Waals surface area contributed by atoms with Crippen molar-refractivity contribution in [2.24, 2.45) is 0 Å². The fraction of sp³-hybridized carbons (Fsp3) is 0.538. The minimum atomic E-state index is -6.71. The summed E-state index contributed by atoms with van der Waals surface area (Å²) in [5, 5.41) is 0. The zero-order valence-electron chi connectivity index (χ0n) is 23.1. The highest BCUT2D eigenvalue weighted by Crippen LogP contribution is 2.71. The molecule has 0 aromatic heterocycles. The molecule has 0 amide bonds. The van der Waals surface area contributed by atoms with Crippen LogP contribution in [-0.2, 0) is 42.9 Å². The zero-order valence-corrected chi connectivity index (χ0v) is 30.2. The minimum absolute atomic E-state index is 0.0773. The molecule has 0 bridgehead atoms. The topological polar surface area (TPSA) is 493 Å². The van der Waals surface area contributed by atoms with Gasteiger partial charge in [0, 0.05) is 18.3 Å². The van der Waals surface area contributed by atoms with E-state index in [1.54, 1.807) is 0 Å². The van der Waals surface area contributed by atoms with Crippen LogP contribution >= 0.6 is 60.8 Å². The van der Waals surface area contributed by atoms with Crippen LogP contribution in [0.15, 0.2) is 24.3 Å². The lowest BCUT2D eigenvalue weighted by molar-refractivity contribution is 0.105. The van der Waals surface area contributed by atoms with Gasteiger partial charge in [-0.3, -0.25) is 46.3 Å². The summed E-state index contributed by atoms with van der Waals surface area (Å²) in [6.07, 6.45) is -1.41. The van der Waals surface area contributed by atoms with Crippen LogP contribution in [0.4, 0.5) is 5.69 Å². The molecule has 0 aliphatic carbocycles. The number of nitrogens with zero attached hydrogens (tertiary/aromatic N) is 2. The number of nitrogen functional groups attached to an aromatic ring is 1. The van der Waals surface area contributed by atoms with Crippen molar-refractivity contribution in [1.29, 1.82) is 0 Å². The van der Waals surface area contributed by atoms with E-state index in [1.807, 2.05) is 0 Å². The van der Waals surface area contributed by atoms with E-state index in [2.05, 4.69) is 0 Å². The lowest BCUT2D eigenvalue weighted by atomic mass is 10.0. The van der Waals surface area contributed by atoms with Gasteiger partial charge in [0.2, 0.25) is 22.1 Å². The number of benzene rings is 1. The summed E-state index contributed by atoms with van der Waals surface area (Å²) >= 11 is 0. The summed E-state index contributed by atoms with van der Waals surface area (Å²) in [6, 6.07) is 0.690. The van der Waals surface area contributed by atoms with Crippen LogP contribution in [-0.4, -0.2) is 123 Å². The fourth-order valence-electron chi connectivity index (χ4n) is 4.49. The molecule has 1 rings (SSSR count). The Hall–Kier alpha value is 0.140. The molecule has 282 valence electrons. The van der Waals surface area contributed by atoms with Gasteiger partial charge in [-0.2, -0.15) is 0 Å². The highest BCUT2D eigenvalue weighted by Gasteiger charge is 2.63. The molecule has 48 heavy (non-hydrogen) atoms. The maximum atomic E-state index is 12.5. The first-order chi connectivity index (χ1) is 20.8. The van der Waals surface area contributed by atoms with E-state index in [0.717, 1.165) is 24.3 Å². The van der Waals surface area contributed by atoms with Gasteiger partial charge in [-0.1, -0.05) is 12.1 Å². The minimum Gasteiger partial charge on any atom is -0.399 e. The monoisotopic (exact) mass is 861 g/mol. The Balaban J connectivity index is 4.67. The van der Waals surface area contributed by atoms with Crippen LogP contribution in [0, 0.1) is 0 Å². The Bertz CT molecular complexity index is 1510. The van der Waals surface area contributed by atoms with Crippen molar-refractivity contribution in [3.63, 3.8) is 0 Å². The van der Waals surface area contributed by atoms with Crippen molar-refractivity contribution in [3.8, 4) is 0 Å². The molecule has 1 aromatic rings. The first-order valence-corrected chi connectivity index (χ1v) is 25.1. The van der Waals surface area contributed by atoms with E-state index in [-0.39, 0.29) is 5.69 Å². The molecule has 1 aromatic carbocycles. The van der Waals surface area contributed by atoms with Crippen LogP contribution < -0.4 is 5.73 Å². The highest BCUT2D eigenvalue weighted by molar-refractivity contribution is 7.73. The predicted molar refractivity (Wildman–Crippen MR) is 158 cm³/mol. The maximum absolute atomic E-state index is 12.5. The molecule has 0 aliphatic heterocycles. The molecule has 0 heterocycles. The van der Waals surface area contributed by atoms with Gasteiger partial charge in [0.15, 0.2) is 0 Å². The summed E-state index contributed by atoms with van der Waals surface area (Å²) in [5.41, 5.74) is -11.3. The average molecular weight is 861 g/mol. The molecule has 35 heteroatoms. The van der Waals surface area contributed by atoms with Gasteiger partial charge in [-0.15, -0.1) is 0 Å². The van der Waals surface area contributed by atoms with Gasteiger partial charge in [-0.05, 0) is 24.1 Å².